The van der Waals surface area contributed by atoms with E-state index in [1.165, 1.54) is 63.8 Å². The first kappa shape index (κ1) is 25.9. The minimum absolute atomic E-state index is 0. The van der Waals surface area contributed by atoms with Crippen LogP contribution in [0, 0.1) is 0 Å². The maximum Gasteiger partial charge on any atom is 2.00 e. The summed E-state index contributed by atoms with van der Waals surface area (Å²) in [5.41, 5.74) is 11.5. The van der Waals surface area contributed by atoms with E-state index in [1.807, 2.05) is 0 Å². The summed E-state index contributed by atoms with van der Waals surface area (Å²) in [7, 11) is 0. The summed E-state index contributed by atoms with van der Waals surface area (Å²) in [6, 6.07) is 22.7. The number of fused-ring (bicyclic) bond motifs is 4. The van der Waals surface area contributed by atoms with Crippen LogP contribution < -0.4 is 24.8 Å². The van der Waals surface area contributed by atoms with Gasteiger partial charge in [-0.3, -0.25) is 0 Å². The Hall–Kier alpha value is -1.40. The van der Waals surface area contributed by atoms with E-state index < -0.39 is 0 Å². The molecule has 3 aromatic rings. The van der Waals surface area contributed by atoms with Crippen LogP contribution in [0.4, 0.5) is 0 Å². The number of hydrogen-bond donors (Lipinski definition) is 0. The monoisotopic (exact) mass is 522 g/mol. The van der Waals surface area contributed by atoms with E-state index in [2.05, 4.69) is 85.0 Å². The molecule has 3 heteroatoms. The molecule has 0 aliphatic heterocycles. The summed E-state index contributed by atoms with van der Waals surface area (Å²) in [5.74, 6) is 0. The summed E-state index contributed by atoms with van der Waals surface area (Å²) in [4.78, 5) is 0. The molecule has 0 nitrogen and oxygen atoms in total. The Bertz CT molecular complexity index is 1080. The van der Waals surface area contributed by atoms with E-state index in [9.17, 15) is 0 Å². The first-order valence-electron chi connectivity index (χ1n) is 10.5. The second-order valence-corrected chi connectivity index (χ2v) is 8.04. The van der Waals surface area contributed by atoms with Gasteiger partial charge in [-0.2, -0.15) is 0 Å². The quantitative estimate of drug-likeness (QED) is 0.334. The molecule has 0 heterocycles. The van der Waals surface area contributed by atoms with Gasteiger partial charge in [0.1, 0.15) is 0 Å². The Morgan fingerprint density at radius 1 is 0.774 bits per heavy atom. The number of unbranched alkanes of at least 4 members (excludes halogenated alkanes) is 2. The fraction of sp³-hybridized carbons (Fsp3) is 0.214. The molecule has 2 aliphatic rings. The molecule has 156 valence electrons. The van der Waals surface area contributed by atoms with Crippen molar-refractivity contribution in [1.82, 2.24) is 0 Å². The largest absolute Gasteiger partial charge is 2.00 e. The zero-order valence-electron chi connectivity index (χ0n) is 17.6. The Balaban J connectivity index is 0.00000114. The van der Waals surface area contributed by atoms with Crippen molar-refractivity contribution in [3.8, 4) is 11.1 Å². The van der Waals surface area contributed by atoms with Crippen molar-refractivity contribution in [3.05, 3.63) is 106 Å². The molecule has 0 N–H and O–H groups in total. The maximum absolute atomic E-state index is 2.43. The molecule has 3 aromatic carbocycles. The van der Waals surface area contributed by atoms with Crippen molar-refractivity contribution >= 4 is 12.2 Å². The average molecular weight is 525 g/mol. The average Bonchev–Trinajstić information content (AvgIpc) is 3.34. The van der Waals surface area contributed by atoms with Crippen LogP contribution in [0.5, 0.6) is 0 Å². The van der Waals surface area contributed by atoms with E-state index in [-0.39, 0.29) is 51.0 Å². The number of benzene rings is 3. The molecule has 0 fully saturated rings. The molecule has 5 rings (SSSR count). The zero-order chi connectivity index (χ0) is 18.8. The molecule has 31 heavy (non-hydrogen) atoms. The minimum Gasteiger partial charge on any atom is -1.00 e. The molecule has 2 aliphatic carbocycles. The third kappa shape index (κ3) is 5.89. The molecule has 0 atom stereocenters. The first-order valence-corrected chi connectivity index (χ1v) is 10.5. The summed E-state index contributed by atoms with van der Waals surface area (Å²) in [6.07, 6.45) is 16.1. The van der Waals surface area contributed by atoms with Crippen LogP contribution in [-0.2, 0) is 45.5 Å². The van der Waals surface area contributed by atoms with Crippen molar-refractivity contribution in [2.45, 2.75) is 38.5 Å². The molecule has 0 bridgehead atoms. The molecule has 0 amide bonds. The molecule has 0 unspecified atom stereocenters. The fourth-order valence-corrected chi connectivity index (χ4v) is 4.51. The van der Waals surface area contributed by atoms with Crippen molar-refractivity contribution in [3.63, 3.8) is 0 Å². The molecule has 0 spiro atoms. The van der Waals surface area contributed by atoms with Crippen LogP contribution >= 0.6 is 0 Å². The van der Waals surface area contributed by atoms with E-state index in [4.69, 9.17) is 0 Å². The molecule has 0 saturated heterocycles. The number of rotatable bonds is 6. The van der Waals surface area contributed by atoms with E-state index >= 15 is 0 Å². The van der Waals surface area contributed by atoms with Crippen LogP contribution in [0.3, 0.4) is 0 Å². The second kappa shape index (κ2) is 12.0. The Morgan fingerprint density at radius 3 is 2.48 bits per heavy atom. The van der Waals surface area contributed by atoms with Crippen LogP contribution in [0.15, 0.2) is 72.8 Å². The topological polar surface area (TPSA) is 0 Å². The van der Waals surface area contributed by atoms with Gasteiger partial charge in [0, 0.05) is 0 Å². The first-order chi connectivity index (χ1) is 13.9. The van der Waals surface area contributed by atoms with Crippen LogP contribution in [0.25, 0.3) is 23.3 Å². The molecular formula is C28H26Cl2Zr. The number of hydrogen-bond acceptors (Lipinski definition) is 0. The Morgan fingerprint density at radius 2 is 1.58 bits per heavy atom. The van der Waals surface area contributed by atoms with Crippen molar-refractivity contribution < 1.29 is 51.0 Å². The van der Waals surface area contributed by atoms with Crippen molar-refractivity contribution in [2.24, 2.45) is 0 Å². The Labute approximate surface area is 217 Å². The Kier molecular flexibility index (Phi) is 10.0. The van der Waals surface area contributed by atoms with Gasteiger partial charge < -0.3 is 24.8 Å². The van der Waals surface area contributed by atoms with Crippen LogP contribution in [0.2, 0.25) is 0 Å². The second-order valence-electron chi connectivity index (χ2n) is 8.04. The predicted octanol–water partition coefficient (Wildman–Crippen LogP) is 1.26. The number of aryl methyl sites for hydroxylation is 1. The minimum atomic E-state index is 0. The van der Waals surface area contributed by atoms with Crippen LogP contribution in [0.1, 0.15) is 52.6 Å². The van der Waals surface area contributed by atoms with Gasteiger partial charge in [-0.05, 0) is 89.1 Å². The standard InChI is InChI=1S/C28H26.2ClH.Zr/c1(3-8-21-14-16-23-11-7-12-24(23)18-21)2-4-9-22-15-17-26-20-25-10-5-6-13-27(25)28(26)19-22;;;/h3,5-8,10,12-19H,1-2,4,9,11,20H2;2*1H;/q;;;+2/p-2. The molecular weight excluding hydrogens is 498 g/mol. The zero-order valence-corrected chi connectivity index (χ0v) is 21.6. The van der Waals surface area contributed by atoms with Gasteiger partial charge in [0.15, 0.2) is 0 Å². The van der Waals surface area contributed by atoms with Crippen molar-refractivity contribution in [1.29, 1.82) is 0 Å². The number of halogens is 2. The fourth-order valence-electron chi connectivity index (χ4n) is 4.51. The molecule has 0 aromatic heterocycles. The van der Waals surface area contributed by atoms with Gasteiger partial charge in [-0.15, -0.1) is 0 Å². The summed E-state index contributed by atoms with van der Waals surface area (Å²) in [6.45, 7) is 0. The van der Waals surface area contributed by atoms with Gasteiger partial charge in [-0.1, -0.05) is 78.9 Å². The third-order valence-corrected chi connectivity index (χ3v) is 6.06. The van der Waals surface area contributed by atoms with Gasteiger partial charge in [0.25, 0.3) is 0 Å². The normalized spacial score (nSPS) is 12.4. The van der Waals surface area contributed by atoms with E-state index in [1.54, 1.807) is 0 Å². The van der Waals surface area contributed by atoms with E-state index in [0.717, 1.165) is 19.3 Å². The third-order valence-electron chi connectivity index (χ3n) is 6.06. The molecule has 0 saturated carbocycles. The molecule has 0 radical (unpaired) electrons. The van der Waals surface area contributed by atoms with Gasteiger partial charge >= 0.3 is 26.2 Å². The van der Waals surface area contributed by atoms with E-state index in [0.29, 0.717) is 0 Å². The summed E-state index contributed by atoms with van der Waals surface area (Å²) in [5, 5.41) is 0. The summed E-state index contributed by atoms with van der Waals surface area (Å²) >= 11 is 0. The predicted molar refractivity (Wildman–Crippen MR) is 120 cm³/mol. The van der Waals surface area contributed by atoms with Gasteiger partial charge in [0.05, 0.1) is 0 Å². The van der Waals surface area contributed by atoms with Crippen LogP contribution in [-0.4, -0.2) is 0 Å². The van der Waals surface area contributed by atoms with Crippen molar-refractivity contribution in [2.75, 3.05) is 0 Å². The summed E-state index contributed by atoms with van der Waals surface area (Å²) < 4.78 is 0. The number of allylic oxidation sites excluding steroid dienone is 2. The van der Waals surface area contributed by atoms with Gasteiger partial charge in [0.2, 0.25) is 0 Å². The van der Waals surface area contributed by atoms with Gasteiger partial charge in [-0.25, -0.2) is 0 Å². The smallest absolute Gasteiger partial charge is 1.00 e. The SMILES string of the molecule is C(=Cc1ccc2c(c1)C=CC2)CCCCc1ccc2c(c1)-c1ccccc1C2.[Cl-].[Cl-].[Zr+2]. The maximum atomic E-state index is 2.43.